The number of aromatic nitrogens is 1. The van der Waals surface area contributed by atoms with Crippen molar-refractivity contribution in [1.29, 1.82) is 0 Å². The molecule has 0 saturated heterocycles. The molecule has 0 radical (unpaired) electrons. The summed E-state index contributed by atoms with van der Waals surface area (Å²) in [6, 6.07) is 17.3. The summed E-state index contributed by atoms with van der Waals surface area (Å²) >= 11 is 3.62. The van der Waals surface area contributed by atoms with E-state index in [0.29, 0.717) is 0 Å². The third kappa shape index (κ3) is 4.01. The molecule has 2 nitrogen and oxygen atoms in total. The molecule has 0 aliphatic heterocycles. The van der Waals surface area contributed by atoms with Gasteiger partial charge in [-0.1, -0.05) is 18.2 Å². The Kier molecular flexibility index (Phi) is 5.47. The largest absolute Gasteiger partial charge is 0.385 e. The van der Waals surface area contributed by atoms with Crippen LogP contribution in [0.25, 0.3) is 10.9 Å². The van der Waals surface area contributed by atoms with Crippen molar-refractivity contribution in [2.45, 2.75) is 22.5 Å². The smallest absolute Gasteiger partial charge is 0.0724 e. The van der Waals surface area contributed by atoms with Gasteiger partial charge in [0.15, 0.2) is 0 Å². The molecule has 2 aromatic carbocycles. The predicted molar refractivity (Wildman–Crippen MR) is 104 cm³/mol. The molecule has 0 spiro atoms. The Labute approximate surface area is 146 Å². The Bertz CT molecular complexity index is 785. The summed E-state index contributed by atoms with van der Waals surface area (Å²) in [7, 11) is 0. The first-order valence-corrected chi connectivity index (χ1v) is 9.89. The van der Waals surface area contributed by atoms with Crippen LogP contribution in [0.1, 0.15) is 12.5 Å². The van der Waals surface area contributed by atoms with Crippen LogP contribution in [0.4, 0.5) is 5.69 Å². The monoisotopic (exact) mass is 340 g/mol. The number of nitrogens with zero attached hydrogens (tertiary/aromatic N) is 1. The second-order valence-corrected chi connectivity index (χ2v) is 7.10. The van der Waals surface area contributed by atoms with Crippen molar-refractivity contribution >= 4 is 40.1 Å². The lowest BCUT2D eigenvalue weighted by molar-refractivity contribution is 1.21. The molecule has 0 atom stereocenters. The minimum Gasteiger partial charge on any atom is -0.385 e. The Hall–Kier alpha value is -1.65. The molecule has 3 aromatic rings. The van der Waals surface area contributed by atoms with Gasteiger partial charge in [0.05, 0.1) is 5.52 Å². The van der Waals surface area contributed by atoms with E-state index in [0.717, 1.165) is 17.8 Å². The SMILES string of the molecule is CCNc1ccc(CSc2ccnc3cc(SC)ccc23)cc1. The van der Waals surface area contributed by atoms with Crippen molar-refractivity contribution in [1.82, 2.24) is 4.98 Å². The van der Waals surface area contributed by atoms with Crippen molar-refractivity contribution in [2.75, 3.05) is 18.1 Å². The van der Waals surface area contributed by atoms with Gasteiger partial charge in [-0.25, -0.2) is 0 Å². The third-order valence-corrected chi connectivity index (χ3v) is 5.51. The highest BCUT2D eigenvalue weighted by atomic mass is 32.2. The third-order valence-electron chi connectivity index (χ3n) is 3.64. The van der Waals surface area contributed by atoms with Crippen LogP contribution in [0.2, 0.25) is 0 Å². The van der Waals surface area contributed by atoms with Crippen LogP contribution >= 0.6 is 23.5 Å². The van der Waals surface area contributed by atoms with Gasteiger partial charge in [-0.15, -0.1) is 23.5 Å². The molecule has 1 heterocycles. The van der Waals surface area contributed by atoms with Gasteiger partial charge in [0.25, 0.3) is 0 Å². The highest BCUT2D eigenvalue weighted by molar-refractivity contribution is 7.99. The summed E-state index contributed by atoms with van der Waals surface area (Å²) in [5, 5.41) is 4.56. The van der Waals surface area contributed by atoms with Gasteiger partial charge in [-0.05, 0) is 49.1 Å². The maximum Gasteiger partial charge on any atom is 0.0724 e. The summed E-state index contributed by atoms with van der Waals surface area (Å²) in [4.78, 5) is 7.05. The first kappa shape index (κ1) is 16.2. The molecule has 3 rings (SSSR count). The minimum absolute atomic E-state index is 0.954. The highest BCUT2D eigenvalue weighted by Gasteiger charge is 2.04. The quantitative estimate of drug-likeness (QED) is 0.583. The Morgan fingerprint density at radius 2 is 1.87 bits per heavy atom. The van der Waals surface area contributed by atoms with Gasteiger partial charge in [0.2, 0.25) is 0 Å². The first-order valence-electron chi connectivity index (χ1n) is 7.68. The van der Waals surface area contributed by atoms with Crippen LogP contribution in [0, 0.1) is 0 Å². The molecule has 0 aliphatic rings. The van der Waals surface area contributed by atoms with E-state index >= 15 is 0 Å². The number of hydrogen-bond donors (Lipinski definition) is 1. The highest BCUT2D eigenvalue weighted by Crippen LogP contribution is 2.31. The first-order chi connectivity index (χ1) is 11.3. The number of thioether (sulfide) groups is 2. The lowest BCUT2D eigenvalue weighted by Gasteiger charge is -2.08. The van der Waals surface area contributed by atoms with Crippen molar-refractivity contribution in [3.05, 3.63) is 60.3 Å². The second kappa shape index (κ2) is 7.75. The predicted octanol–water partition coefficient (Wildman–Crippen LogP) is 5.68. The van der Waals surface area contributed by atoms with E-state index in [1.54, 1.807) is 11.8 Å². The summed E-state index contributed by atoms with van der Waals surface area (Å²) in [5.74, 6) is 0.968. The lowest BCUT2D eigenvalue weighted by atomic mass is 10.2. The standard InChI is InChI=1S/C19H20N2S2/c1-3-20-15-6-4-14(5-7-15)13-23-19-10-11-21-18-12-16(22-2)8-9-17(18)19/h4-12,20H,3,13H2,1-2H3. The molecule has 4 heteroatoms. The van der Waals surface area contributed by atoms with Crippen molar-refractivity contribution < 1.29 is 0 Å². The molecular weight excluding hydrogens is 320 g/mol. The fraction of sp³-hybridized carbons (Fsp3) is 0.211. The molecule has 0 fully saturated rings. The number of nitrogens with one attached hydrogen (secondary N) is 1. The van der Waals surface area contributed by atoms with Crippen molar-refractivity contribution in [3.63, 3.8) is 0 Å². The topological polar surface area (TPSA) is 24.9 Å². The molecule has 23 heavy (non-hydrogen) atoms. The fourth-order valence-electron chi connectivity index (χ4n) is 2.44. The van der Waals surface area contributed by atoms with E-state index in [9.17, 15) is 0 Å². The van der Waals surface area contributed by atoms with E-state index < -0.39 is 0 Å². The second-order valence-electron chi connectivity index (χ2n) is 5.21. The summed E-state index contributed by atoms with van der Waals surface area (Å²) in [5.41, 5.74) is 3.59. The van der Waals surface area contributed by atoms with Crippen LogP contribution < -0.4 is 5.32 Å². The zero-order chi connectivity index (χ0) is 16.1. The van der Waals surface area contributed by atoms with Crippen molar-refractivity contribution in [3.8, 4) is 0 Å². The average Bonchev–Trinajstić information content (AvgIpc) is 2.61. The zero-order valence-corrected chi connectivity index (χ0v) is 15.0. The van der Waals surface area contributed by atoms with E-state index in [4.69, 9.17) is 0 Å². The molecular formula is C19H20N2S2. The molecule has 118 valence electrons. The molecule has 0 aliphatic carbocycles. The van der Waals surface area contributed by atoms with Crippen molar-refractivity contribution in [2.24, 2.45) is 0 Å². The Morgan fingerprint density at radius 3 is 2.61 bits per heavy atom. The summed E-state index contributed by atoms with van der Waals surface area (Å²) < 4.78 is 0. The lowest BCUT2D eigenvalue weighted by Crippen LogP contribution is -1.95. The number of fused-ring (bicyclic) bond motifs is 1. The number of hydrogen-bond acceptors (Lipinski definition) is 4. The van der Waals surface area contributed by atoms with Gasteiger partial charge in [-0.3, -0.25) is 4.98 Å². The van der Waals surface area contributed by atoms with Crippen LogP contribution in [-0.4, -0.2) is 17.8 Å². The van der Waals surface area contributed by atoms with E-state index in [2.05, 4.69) is 72.0 Å². The molecule has 0 amide bonds. The van der Waals surface area contributed by atoms with Gasteiger partial charge in [0, 0.05) is 39.4 Å². The molecule has 1 N–H and O–H groups in total. The van der Waals surface area contributed by atoms with Gasteiger partial charge in [-0.2, -0.15) is 0 Å². The molecule has 0 unspecified atom stereocenters. The van der Waals surface area contributed by atoms with E-state index in [1.165, 1.54) is 26.4 Å². The van der Waals surface area contributed by atoms with Gasteiger partial charge >= 0.3 is 0 Å². The fourth-order valence-corrected chi connectivity index (χ4v) is 3.87. The number of rotatable bonds is 6. The zero-order valence-electron chi connectivity index (χ0n) is 13.4. The molecule has 0 saturated carbocycles. The van der Waals surface area contributed by atoms with Gasteiger partial charge < -0.3 is 5.32 Å². The van der Waals surface area contributed by atoms with Crippen LogP contribution in [-0.2, 0) is 5.75 Å². The summed E-state index contributed by atoms with van der Waals surface area (Å²) in [6.45, 7) is 3.07. The van der Waals surface area contributed by atoms with Crippen LogP contribution in [0.15, 0.2) is 64.5 Å². The van der Waals surface area contributed by atoms with E-state index in [-0.39, 0.29) is 0 Å². The summed E-state index contributed by atoms with van der Waals surface area (Å²) in [6.07, 6.45) is 4.00. The molecule has 1 aromatic heterocycles. The minimum atomic E-state index is 0.954. The maximum absolute atomic E-state index is 4.50. The number of pyridine rings is 1. The Morgan fingerprint density at radius 1 is 1.04 bits per heavy atom. The normalized spacial score (nSPS) is 10.9. The van der Waals surface area contributed by atoms with Crippen LogP contribution in [0.3, 0.4) is 0 Å². The van der Waals surface area contributed by atoms with E-state index in [1.807, 2.05) is 18.0 Å². The maximum atomic E-state index is 4.50. The van der Waals surface area contributed by atoms with Crippen LogP contribution in [0.5, 0.6) is 0 Å². The Balaban J connectivity index is 1.76. The number of benzene rings is 2. The molecule has 0 bridgehead atoms. The van der Waals surface area contributed by atoms with Gasteiger partial charge in [0.1, 0.15) is 0 Å². The average molecular weight is 341 g/mol. The number of anilines is 1.